The van der Waals surface area contributed by atoms with E-state index in [0.717, 1.165) is 86.1 Å². The monoisotopic (exact) mass is 653 g/mol. The van der Waals surface area contributed by atoms with Crippen molar-refractivity contribution in [2.24, 2.45) is 5.92 Å². The Balaban J connectivity index is 1.05. The highest BCUT2D eigenvalue weighted by atomic mass is 19.4. The van der Waals surface area contributed by atoms with E-state index in [1.165, 1.54) is 12.1 Å². The molecule has 4 aromatic carbocycles. The lowest BCUT2D eigenvalue weighted by molar-refractivity contribution is -0.137. The number of nitrogens with zero attached hydrogens (tertiary/aromatic N) is 1. The van der Waals surface area contributed by atoms with E-state index in [0.29, 0.717) is 35.7 Å². The fraction of sp³-hybridized carbons (Fsp3) is 0.350. The first-order valence-corrected chi connectivity index (χ1v) is 17.0. The molecule has 2 amide bonds. The number of halogens is 3. The van der Waals surface area contributed by atoms with Gasteiger partial charge in [-0.15, -0.1) is 0 Å². The van der Waals surface area contributed by atoms with Crippen LogP contribution in [0.3, 0.4) is 0 Å². The van der Waals surface area contributed by atoms with Gasteiger partial charge < -0.3 is 15.5 Å². The summed E-state index contributed by atoms with van der Waals surface area (Å²) in [6, 6.07) is 28.5. The van der Waals surface area contributed by atoms with Crippen LogP contribution in [0.15, 0.2) is 97.1 Å². The normalized spacial score (nSPS) is 17.0. The zero-order valence-corrected chi connectivity index (χ0v) is 27.3. The second-order valence-electron chi connectivity index (χ2n) is 13.0. The van der Waals surface area contributed by atoms with Crippen LogP contribution in [0.5, 0.6) is 0 Å². The molecule has 0 bridgehead atoms. The highest BCUT2D eigenvalue weighted by molar-refractivity contribution is 6.01. The molecule has 0 radical (unpaired) electrons. The number of amides is 2. The van der Waals surface area contributed by atoms with E-state index in [1.807, 2.05) is 31.2 Å². The minimum absolute atomic E-state index is 0.0658. The molecule has 8 heteroatoms. The van der Waals surface area contributed by atoms with Crippen LogP contribution in [0.25, 0.3) is 22.3 Å². The summed E-state index contributed by atoms with van der Waals surface area (Å²) >= 11 is 0. The van der Waals surface area contributed by atoms with Gasteiger partial charge in [0, 0.05) is 25.2 Å². The molecule has 0 saturated carbocycles. The Bertz CT molecular complexity index is 1710. The van der Waals surface area contributed by atoms with E-state index in [1.54, 1.807) is 24.3 Å². The third-order valence-electron chi connectivity index (χ3n) is 9.91. The van der Waals surface area contributed by atoms with Crippen LogP contribution in [-0.4, -0.2) is 49.4 Å². The number of likely N-dealkylation sites (tertiary alicyclic amines) is 1. The van der Waals surface area contributed by atoms with Crippen molar-refractivity contribution in [2.75, 3.05) is 32.7 Å². The van der Waals surface area contributed by atoms with Crippen molar-refractivity contribution in [3.8, 4) is 22.3 Å². The third-order valence-corrected chi connectivity index (χ3v) is 9.91. The van der Waals surface area contributed by atoms with Crippen molar-refractivity contribution in [3.63, 3.8) is 0 Å². The Morgan fingerprint density at radius 2 is 1.44 bits per heavy atom. The minimum Gasteiger partial charge on any atom is -0.355 e. The molecule has 0 spiro atoms. The van der Waals surface area contributed by atoms with E-state index in [2.05, 4.69) is 39.8 Å². The van der Waals surface area contributed by atoms with Crippen LogP contribution in [0.4, 0.5) is 13.2 Å². The van der Waals surface area contributed by atoms with E-state index in [4.69, 9.17) is 0 Å². The predicted octanol–water partition coefficient (Wildman–Crippen LogP) is 8.09. The maximum atomic E-state index is 13.8. The number of nitrogens with one attached hydrogen (secondary N) is 2. The first kappa shape index (κ1) is 33.5. The Labute approximate surface area is 280 Å². The molecule has 6 rings (SSSR count). The van der Waals surface area contributed by atoms with Gasteiger partial charge in [-0.2, -0.15) is 13.2 Å². The Morgan fingerprint density at radius 3 is 2.08 bits per heavy atom. The zero-order valence-electron chi connectivity index (χ0n) is 27.3. The molecule has 1 heterocycles. The summed E-state index contributed by atoms with van der Waals surface area (Å²) in [5.41, 5.74) is 4.66. The van der Waals surface area contributed by atoms with Gasteiger partial charge >= 0.3 is 6.18 Å². The number of carbonyl (C=O) groups is 2. The lowest BCUT2D eigenvalue weighted by Crippen LogP contribution is -2.44. The lowest BCUT2D eigenvalue weighted by atomic mass is 9.73. The Kier molecular flexibility index (Phi) is 10.0. The molecule has 5 nitrogen and oxygen atoms in total. The summed E-state index contributed by atoms with van der Waals surface area (Å²) in [5.74, 6) is 0.141. The average Bonchev–Trinajstić information content (AvgIpc) is 3.39. The number of unbranched alkanes of at least 4 members (excludes halogenated alkanes) is 1. The molecule has 2 N–H and O–H groups in total. The Morgan fingerprint density at radius 1 is 0.812 bits per heavy atom. The highest BCUT2D eigenvalue weighted by Crippen LogP contribution is 2.51. The summed E-state index contributed by atoms with van der Waals surface area (Å²) in [6.45, 7) is 5.89. The molecule has 48 heavy (non-hydrogen) atoms. The third kappa shape index (κ3) is 6.76. The maximum absolute atomic E-state index is 13.8. The van der Waals surface area contributed by atoms with Crippen molar-refractivity contribution in [3.05, 3.63) is 119 Å². The number of piperidine rings is 1. The quantitative estimate of drug-likeness (QED) is 0.161. The van der Waals surface area contributed by atoms with Crippen molar-refractivity contribution in [1.82, 2.24) is 15.5 Å². The Hall–Kier alpha value is -4.43. The maximum Gasteiger partial charge on any atom is 0.416 e. The van der Waals surface area contributed by atoms with Crippen molar-refractivity contribution in [1.29, 1.82) is 0 Å². The second-order valence-corrected chi connectivity index (χ2v) is 13.0. The van der Waals surface area contributed by atoms with Gasteiger partial charge in [0.2, 0.25) is 5.91 Å². The number of rotatable bonds is 11. The van der Waals surface area contributed by atoms with Crippen LogP contribution < -0.4 is 10.6 Å². The van der Waals surface area contributed by atoms with Gasteiger partial charge in [0.05, 0.1) is 5.56 Å². The fourth-order valence-corrected chi connectivity index (χ4v) is 7.61. The minimum atomic E-state index is -4.41. The topological polar surface area (TPSA) is 61.4 Å². The van der Waals surface area contributed by atoms with E-state index >= 15 is 0 Å². The molecule has 1 saturated heterocycles. The molecule has 1 fully saturated rings. The van der Waals surface area contributed by atoms with Crippen molar-refractivity contribution < 1.29 is 22.8 Å². The summed E-state index contributed by atoms with van der Waals surface area (Å²) in [6.07, 6.45) is 0.255. The number of hydrogen-bond donors (Lipinski definition) is 2. The lowest BCUT2D eigenvalue weighted by Gasteiger charge is -2.34. The van der Waals surface area contributed by atoms with Crippen molar-refractivity contribution in [2.45, 2.75) is 50.6 Å². The van der Waals surface area contributed by atoms with Crippen molar-refractivity contribution >= 4 is 11.8 Å². The predicted molar refractivity (Wildman–Crippen MR) is 184 cm³/mol. The summed E-state index contributed by atoms with van der Waals surface area (Å²) in [4.78, 5) is 29.6. The van der Waals surface area contributed by atoms with Crippen LogP contribution in [-0.2, 0) is 16.4 Å². The number of carbonyl (C=O) groups excluding carboxylic acids is 2. The van der Waals surface area contributed by atoms with E-state index < -0.39 is 17.2 Å². The summed E-state index contributed by atoms with van der Waals surface area (Å²) in [7, 11) is 0. The van der Waals surface area contributed by atoms with Crippen LogP contribution in [0.1, 0.15) is 66.1 Å². The van der Waals surface area contributed by atoms with Gasteiger partial charge in [-0.1, -0.05) is 85.3 Å². The summed E-state index contributed by atoms with van der Waals surface area (Å²) in [5, 5.41) is 6.23. The number of likely N-dealkylation sites (N-methyl/N-ethyl adjacent to an activating group) is 1. The molecule has 1 atom stereocenters. The fourth-order valence-electron chi connectivity index (χ4n) is 7.61. The van der Waals surface area contributed by atoms with Gasteiger partial charge in [0.25, 0.3) is 5.91 Å². The number of fused-ring (bicyclic) bond motifs is 3. The number of hydrogen-bond acceptors (Lipinski definition) is 3. The standard InChI is InChI=1S/C40H42F3N3O2/c1-2-44-38(48)39(35-17-7-5-14-32(35)33-15-6-8-18-36(33)39)23-9-10-24-46-25-11-12-28(27-46)26-45-37(47)34-16-4-3-13-31(34)29-19-21-30(22-20-29)40(41,42)43/h3-8,13-22,28H,2,9-12,23-27H2,1H3,(H,44,48)(H,45,47). The summed E-state index contributed by atoms with van der Waals surface area (Å²) < 4.78 is 39.2. The van der Waals surface area contributed by atoms with Crippen LogP contribution in [0.2, 0.25) is 0 Å². The van der Waals surface area contributed by atoms with E-state index in [9.17, 15) is 22.8 Å². The SMILES string of the molecule is CCNC(=O)C1(CCCCN2CCCC(CNC(=O)c3ccccc3-c3ccc(C(F)(F)F)cc3)C2)c2ccccc2-c2ccccc21. The highest BCUT2D eigenvalue weighted by Gasteiger charge is 2.48. The van der Waals surface area contributed by atoms with Gasteiger partial charge in [-0.25, -0.2) is 0 Å². The number of benzene rings is 4. The van der Waals surface area contributed by atoms with Crippen LogP contribution >= 0.6 is 0 Å². The largest absolute Gasteiger partial charge is 0.416 e. The average molecular weight is 654 g/mol. The molecule has 2 aliphatic rings. The molecule has 0 aromatic heterocycles. The molecule has 1 unspecified atom stereocenters. The van der Waals surface area contributed by atoms with Gasteiger partial charge in [-0.3, -0.25) is 9.59 Å². The van der Waals surface area contributed by atoms with Gasteiger partial charge in [0.15, 0.2) is 0 Å². The zero-order chi connectivity index (χ0) is 33.7. The van der Waals surface area contributed by atoms with Gasteiger partial charge in [-0.05, 0) is 103 Å². The van der Waals surface area contributed by atoms with E-state index in [-0.39, 0.29) is 11.8 Å². The molecular weight excluding hydrogens is 611 g/mol. The number of alkyl halides is 3. The van der Waals surface area contributed by atoms with Gasteiger partial charge in [0.1, 0.15) is 5.41 Å². The molecule has 4 aromatic rings. The molecule has 250 valence electrons. The first-order valence-electron chi connectivity index (χ1n) is 17.0. The second kappa shape index (κ2) is 14.4. The first-order chi connectivity index (χ1) is 23.2. The molecule has 1 aliphatic heterocycles. The molecular formula is C40H42F3N3O2. The van der Waals surface area contributed by atoms with Crippen LogP contribution in [0, 0.1) is 5.92 Å². The molecule has 1 aliphatic carbocycles. The smallest absolute Gasteiger partial charge is 0.355 e.